The highest BCUT2D eigenvalue weighted by atomic mass is 15.2. The minimum Gasteiger partial charge on any atom is -0.334 e. The fourth-order valence-corrected chi connectivity index (χ4v) is 2.13. The normalized spacial score (nSPS) is 29.1. The Labute approximate surface area is 74.0 Å². The van der Waals surface area contributed by atoms with Gasteiger partial charge in [0.2, 0.25) is 0 Å². The quantitative estimate of drug-likeness (QED) is 0.535. The molecule has 2 rings (SSSR count). The molecule has 0 aromatic rings. The SMILES string of the molecule is CC1=N[C@@H](C)C(C)=C2CCCN12. The van der Waals surface area contributed by atoms with Crippen LogP contribution in [0.4, 0.5) is 0 Å². The Morgan fingerprint density at radius 2 is 2.17 bits per heavy atom. The standard InChI is InChI=1S/C10H16N2/c1-7-8(2)11-9(3)12-6-4-5-10(7)12/h8H,4-6H2,1-3H3/t8-/m0/s1. The summed E-state index contributed by atoms with van der Waals surface area (Å²) in [6.07, 6.45) is 2.55. The first kappa shape index (κ1) is 7.84. The van der Waals surface area contributed by atoms with Crippen LogP contribution in [0.5, 0.6) is 0 Å². The van der Waals surface area contributed by atoms with Crippen molar-refractivity contribution < 1.29 is 0 Å². The molecule has 0 aromatic heterocycles. The van der Waals surface area contributed by atoms with Crippen LogP contribution >= 0.6 is 0 Å². The molecular weight excluding hydrogens is 148 g/mol. The summed E-state index contributed by atoms with van der Waals surface area (Å²) in [5, 5.41) is 0. The summed E-state index contributed by atoms with van der Waals surface area (Å²) in [5.74, 6) is 1.21. The third kappa shape index (κ3) is 0.977. The molecule has 0 aromatic carbocycles. The predicted molar refractivity (Wildman–Crippen MR) is 51.2 cm³/mol. The number of hydrogen-bond donors (Lipinski definition) is 0. The largest absolute Gasteiger partial charge is 0.334 e. The van der Waals surface area contributed by atoms with Crippen LogP contribution in [0.15, 0.2) is 16.3 Å². The lowest BCUT2D eigenvalue weighted by Gasteiger charge is -2.28. The lowest BCUT2D eigenvalue weighted by molar-refractivity contribution is 0.546. The summed E-state index contributed by atoms with van der Waals surface area (Å²) >= 11 is 0. The smallest absolute Gasteiger partial charge is 0.101 e. The third-order valence-electron chi connectivity index (χ3n) is 2.97. The van der Waals surface area contributed by atoms with E-state index in [0.717, 1.165) is 0 Å². The number of rotatable bonds is 0. The van der Waals surface area contributed by atoms with Gasteiger partial charge < -0.3 is 4.90 Å². The van der Waals surface area contributed by atoms with Gasteiger partial charge in [-0.05, 0) is 39.2 Å². The highest BCUT2D eigenvalue weighted by Crippen LogP contribution is 2.30. The van der Waals surface area contributed by atoms with E-state index in [1.807, 2.05) is 0 Å². The molecule has 12 heavy (non-hydrogen) atoms. The predicted octanol–water partition coefficient (Wildman–Crippen LogP) is 2.18. The Kier molecular flexibility index (Phi) is 1.71. The molecule has 2 heterocycles. The van der Waals surface area contributed by atoms with Crippen LogP contribution in [0.1, 0.15) is 33.6 Å². The van der Waals surface area contributed by atoms with Gasteiger partial charge in [-0.15, -0.1) is 0 Å². The van der Waals surface area contributed by atoms with Crippen molar-refractivity contribution in [2.75, 3.05) is 6.54 Å². The second kappa shape index (κ2) is 2.61. The van der Waals surface area contributed by atoms with Crippen LogP contribution in [-0.2, 0) is 0 Å². The van der Waals surface area contributed by atoms with E-state index in [0.29, 0.717) is 6.04 Å². The van der Waals surface area contributed by atoms with Crippen LogP contribution in [0.2, 0.25) is 0 Å². The molecule has 66 valence electrons. The van der Waals surface area contributed by atoms with E-state index in [9.17, 15) is 0 Å². The molecule has 0 saturated carbocycles. The summed E-state index contributed by atoms with van der Waals surface area (Å²) in [4.78, 5) is 6.96. The monoisotopic (exact) mass is 164 g/mol. The van der Waals surface area contributed by atoms with E-state index in [1.54, 1.807) is 0 Å². The summed E-state index contributed by atoms with van der Waals surface area (Å²) in [6, 6.07) is 0.411. The average Bonchev–Trinajstić information content (AvgIpc) is 2.48. The van der Waals surface area contributed by atoms with Crippen LogP contribution in [-0.4, -0.2) is 23.3 Å². The topological polar surface area (TPSA) is 15.6 Å². The first-order valence-corrected chi connectivity index (χ1v) is 4.71. The second-order valence-corrected chi connectivity index (χ2v) is 3.74. The molecule has 0 amide bonds. The molecule has 0 spiro atoms. The Morgan fingerprint density at radius 3 is 2.92 bits per heavy atom. The third-order valence-corrected chi connectivity index (χ3v) is 2.97. The van der Waals surface area contributed by atoms with Crippen LogP contribution in [0, 0.1) is 0 Å². The maximum absolute atomic E-state index is 4.59. The number of aliphatic imine (C=N–C) groups is 1. The molecule has 0 bridgehead atoms. The zero-order chi connectivity index (χ0) is 8.72. The Balaban J connectivity index is 2.38. The van der Waals surface area contributed by atoms with Crippen molar-refractivity contribution in [2.45, 2.75) is 39.7 Å². The van der Waals surface area contributed by atoms with Crippen molar-refractivity contribution in [3.05, 3.63) is 11.3 Å². The fourth-order valence-electron chi connectivity index (χ4n) is 2.13. The van der Waals surface area contributed by atoms with Gasteiger partial charge in [0.05, 0.1) is 6.04 Å². The van der Waals surface area contributed by atoms with E-state index in [2.05, 4.69) is 30.7 Å². The van der Waals surface area contributed by atoms with Crippen molar-refractivity contribution in [3.63, 3.8) is 0 Å². The highest BCUT2D eigenvalue weighted by molar-refractivity contribution is 5.83. The van der Waals surface area contributed by atoms with Crippen molar-refractivity contribution in [1.29, 1.82) is 0 Å². The zero-order valence-electron chi connectivity index (χ0n) is 8.09. The van der Waals surface area contributed by atoms with Crippen molar-refractivity contribution in [3.8, 4) is 0 Å². The summed E-state index contributed by atoms with van der Waals surface area (Å²) < 4.78 is 0. The Bertz CT molecular complexity index is 263. The van der Waals surface area contributed by atoms with Gasteiger partial charge in [0, 0.05) is 12.2 Å². The summed E-state index contributed by atoms with van der Waals surface area (Å²) in [5.41, 5.74) is 3.01. The van der Waals surface area contributed by atoms with E-state index in [4.69, 9.17) is 0 Å². The van der Waals surface area contributed by atoms with Gasteiger partial charge >= 0.3 is 0 Å². The second-order valence-electron chi connectivity index (χ2n) is 3.74. The number of fused-ring (bicyclic) bond motifs is 1. The molecule has 2 aliphatic rings. The van der Waals surface area contributed by atoms with Gasteiger partial charge in [0.25, 0.3) is 0 Å². The minimum atomic E-state index is 0.411. The zero-order valence-corrected chi connectivity index (χ0v) is 8.09. The van der Waals surface area contributed by atoms with Crippen LogP contribution in [0.3, 0.4) is 0 Å². The minimum absolute atomic E-state index is 0.411. The van der Waals surface area contributed by atoms with E-state index in [-0.39, 0.29) is 0 Å². The van der Waals surface area contributed by atoms with Gasteiger partial charge in [-0.3, -0.25) is 4.99 Å². The summed E-state index contributed by atoms with van der Waals surface area (Å²) in [6.45, 7) is 7.69. The number of hydrogen-bond acceptors (Lipinski definition) is 2. The van der Waals surface area contributed by atoms with E-state index >= 15 is 0 Å². The van der Waals surface area contributed by atoms with Crippen molar-refractivity contribution in [1.82, 2.24) is 4.90 Å². The maximum atomic E-state index is 4.59. The average molecular weight is 164 g/mol. The number of nitrogens with zero attached hydrogens (tertiary/aromatic N) is 2. The molecule has 2 heteroatoms. The van der Waals surface area contributed by atoms with E-state index < -0.39 is 0 Å². The lowest BCUT2D eigenvalue weighted by atomic mass is 10.1. The lowest BCUT2D eigenvalue weighted by Crippen LogP contribution is -2.30. The molecule has 0 radical (unpaired) electrons. The fraction of sp³-hybridized carbons (Fsp3) is 0.700. The van der Waals surface area contributed by atoms with Crippen LogP contribution in [0.25, 0.3) is 0 Å². The van der Waals surface area contributed by atoms with Gasteiger partial charge in [-0.2, -0.15) is 0 Å². The molecule has 0 N–H and O–H groups in total. The molecule has 2 nitrogen and oxygen atoms in total. The molecule has 1 fully saturated rings. The number of amidine groups is 1. The number of allylic oxidation sites excluding steroid dienone is 1. The molecular formula is C10H16N2. The van der Waals surface area contributed by atoms with Gasteiger partial charge in [0.1, 0.15) is 5.84 Å². The van der Waals surface area contributed by atoms with Crippen LogP contribution < -0.4 is 0 Å². The van der Waals surface area contributed by atoms with Gasteiger partial charge in [0.15, 0.2) is 0 Å². The first-order chi connectivity index (χ1) is 5.70. The molecule has 1 saturated heterocycles. The maximum Gasteiger partial charge on any atom is 0.101 e. The molecule has 0 aliphatic carbocycles. The molecule has 1 atom stereocenters. The highest BCUT2D eigenvalue weighted by Gasteiger charge is 2.26. The van der Waals surface area contributed by atoms with E-state index in [1.165, 1.54) is 36.5 Å². The van der Waals surface area contributed by atoms with Gasteiger partial charge in [-0.1, -0.05) is 0 Å². The van der Waals surface area contributed by atoms with Gasteiger partial charge in [-0.25, -0.2) is 0 Å². The Hall–Kier alpha value is -0.790. The molecule has 0 unspecified atom stereocenters. The Morgan fingerprint density at radius 1 is 1.42 bits per heavy atom. The first-order valence-electron chi connectivity index (χ1n) is 4.71. The van der Waals surface area contributed by atoms with Crippen molar-refractivity contribution >= 4 is 5.84 Å². The van der Waals surface area contributed by atoms with Crippen molar-refractivity contribution in [2.24, 2.45) is 4.99 Å². The summed E-state index contributed by atoms with van der Waals surface area (Å²) in [7, 11) is 0. The molecule has 2 aliphatic heterocycles.